The van der Waals surface area contributed by atoms with Crippen molar-refractivity contribution >= 4 is 11.8 Å². The lowest BCUT2D eigenvalue weighted by Gasteiger charge is -2.12. The summed E-state index contributed by atoms with van der Waals surface area (Å²) >= 11 is 1.60. The summed E-state index contributed by atoms with van der Waals surface area (Å²) in [5.41, 5.74) is 3.82. The number of nitrogens with zero attached hydrogens (tertiary/aromatic N) is 2. The standard InChI is InChI=1S/C14H18N2O2S/c1-9-10(2)12(8-15)14(16-11(9)3)19-7-4-13-17-5-6-18-13/h13H,4-7H2,1-3H3. The van der Waals surface area contributed by atoms with Crippen LogP contribution >= 0.6 is 11.8 Å². The molecule has 1 aliphatic rings. The van der Waals surface area contributed by atoms with Gasteiger partial charge in [-0.05, 0) is 31.9 Å². The van der Waals surface area contributed by atoms with Gasteiger partial charge in [-0.1, -0.05) is 0 Å². The molecular formula is C14H18N2O2S. The summed E-state index contributed by atoms with van der Waals surface area (Å²) in [6.07, 6.45) is 0.731. The second kappa shape index (κ2) is 6.38. The maximum absolute atomic E-state index is 9.27. The highest BCUT2D eigenvalue weighted by Gasteiger charge is 2.17. The number of nitriles is 1. The highest BCUT2D eigenvalue weighted by molar-refractivity contribution is 7.99. The van der Waals surface area contributed by atoms with Crippen molar-refractivity contribution in [2.45, 2.75) is 38.5 Å². The summed E-state index contributed by atoms with van der Waals surface area (Å²) in [7, 11) is 0. The number of pyridine rings is 1. The van der Waals surface area contributed by atoms with Crippen LogP contribution in [0.4, 0.5) is 0 Å². The van der Waals surface area contributed by atoms with Gasteiger partial charge in [-0.15, -0.1) is 11.8 Å². The van der Waals surface area contributed by atoms with Gasteiger partial charge in [-0.2, -0.15) is 5.26 Å². The number of aryl methyl sites for hydroxylation is 1. The van der Waals surface area contributed by atoms with Gasteiger partial charge in [0.15, 0.2) is 6.29 Å². The number of aromatic nitrogens is 1. The molecule has 0 spiro atoms. The van der Waals surface area contributed by atoms with Crippen LogP contribution in [0.3, 0.4) is 0 Å². The second-order valence-corrected chi connectivity index (χ2v) is 5.63. The quantitative estimate of drug-likeness (QED) is 0.793. The molecule has 1 saturated heterocycles. The molecule has 0 bridgehead atoms. The van der Waals surface area contributed by atoms with E-state index in [0.29, 0.717) is 18.8 Å². The third-order valence-electron chi connectivity index (χ3n) is 3.36. The van der Waals surface area contributed by atoms with Gasteiger partial charge in [0.2, 0.25) is 0 Å². The zero-order valence-corrected chi connectivity index (χ0v) is 12.3. The summed E-state index contributed by atoms with van der Waals surface area (Å²) in [5.74, 6) is 0.842. The lowest BCUT2D eigenvalue weighted by molar-refractivity contribution is -0.0421. The molecule has 102 valence electrons. The molecule has 1 fully saturated rings. The van der Waals surface area contributed by atoms with E-state index in [2.05, 4.69) is 11.1 Å². The van der Waals surface area contributed by atoms with Gasteiger partial charge in [0.05, 0.1) is 18.8 Å². The van der Waals surface area contributed by atoms with Crippen LogP contribution in [0.1, 0.15) is 28.8 Å². The lowest BCUT2D eigenvalue weighted by Crippen LogP contribution is -2.08. The van der Waals surface area contributed by atoms with Crippen molar-refractivity contribution in [1.29, 1.82) is 5.26 Å². The molecule has 0 atom stereocenters. The lowest BCUT2D eigenvalue weighted by atomic mass is 10.1. The maximum atomic E-state index is 9.27. The van der Waals surface area contributed by atoms with Crippen molar-refractivity contribution in [3.8, 4) is 6.07 Å². The van der Waals surface area contributed by atoms with Crippen LogP contribution in [0.25, 0.3) is 0 Å². The van der Waals surface area contributed by atoms with E-state index < -0.39 is 0 Å². The van der Waals surface area contributed by atoms with Crippen molar-refractivity contribution in [2.24, 2.45) is 0 Å². The molecule has 2 heterocycles. The minimum absolute atomic E-state index is 0.0920. The topological polar surface area (TPSA) is 55.1 Å². The predicted octanol–water partition coefficient (Wildman–Crippen LogP) is 2.73. The normalized spacial score (nSPS) is 15.7. The van der Waals surface area contributed by atoms with Crippen molar-refractivity contribution < 1.29 is 9.47 Å². The van der Waals surface area contributed by atoms with Crippen LogP contribution in [-0.2, 0) is 9.47 Å². The van der Waals surface area contributed by atoms with Gasteiger partial charge < -0.3 is 9.47 Å². The van der Waals surface area contributed by atoms with Crippen LogP contribution < -0.4 is 0 Å². The second-order valence-electron chi connectivity index (χ2n) is 4.55. The molecule has 5 heteroatoms. The maximum Gasteiger partial charge on any atom is 0.158 e. The number of ether oxygens (including phenoxy) is 2. The monoisotopic (exact) mass is 278 g/mol. The van der Waals surface area contributed by atoms with E-state index in [1.54, 1.807) is 11.8 Å². The van der Waals surface area contributed by atoms with Crippen LogP contribution in [0, 0.1) is 32.1 Å². The summed E-state index contributed by atoms with van der Waals surface area (Å²) in [6.45, 7) is 7.33. The Labute approximate surface area is 118 Å². The van der Waals surface area contributed by atoms with Gasteiger partial charge in [0, 0.05) is 17.9 Å². The van der Waals surface area contributed by atoms with E-state index in [0.717, 1.165) is 34.0 Å². The molecule has 1 aromatic rings. The molecular weight excluding hydrogens is 260 g/mol. The molecule has 0 aromatic carbocycles. The Morgan fingerprint density at radius 3 is 2.58 bits per heavy atom. The first-order chi connectivity index (χ1) is 9.13. The third-order valence-corrected chi connectivity index (χ3v) is 4.37. The van der Waals surface area contributed by atoms with E-state index in [1.807, 2.05) is 20.8 Å². The van der Waals surface area contributed by atoms with Gasteiger partial charge in [0.25, 0.3) is 0 Å². The Morgan fingerprint density at radius 2 is 1.95 bits per heavy atom. The summed E-state index contributed by atoms with van der Waals surface area (Å²) < 4.78 is 10.8. The Morgan fingerprint density at radius 1 is 1.26 bits per heavy atom. The molecule has 0 aliphatic carbocycles. The molecule has 0 N–H and O–H groups in total. The minimum atomic E-state index is -0.0920. The first-order valence-electron chi connectivity index (χ1n) is 6.37. The van der Waals surface area contributed by atoms with Crippen molar-refractivity contribution in [3.63, 3.8) is 0 Å². The fourth-order valence-electron chi connectivity index (χ4n) is 1.97. The Kier molecular flexibility index (Phi) is 4.81. The molecule has 1 aromatic heterocycles. The molecule has 4 nitrogen and oxygen atoms in total. The third kappa shape index (κ3) is 3.27. The SMILES string of the molecule is Cc1nc(SCCC2OCCO2)c(C#N)c(C)c1C. The van der Waals surface area contributed by atoms with E-state index in [9.17, 15) is 5.26 Å². The van der Waals surface area contributed by atoms with Crippen molar-refractivity contribution in [3.05, 3.63) is 22.4 Å². The zero-order valence-electron chi connectivity index (χ0n) is 11.5. The highest BCUT2D eigenvalue weighted by atomic mass is 32.2. The Bertz CT molecular complexity index is 505. The fraction of sp³-hybridized carbons (Fsp3) is 0.571. The Balaban J connectivity index is 2.05. The minimum Gasteiger partial charge on any atom is -0.350 e. The summed E-state index contributed by atoms with van der Waals surface area (Å²) in [4.78, 5) is 4.53. The van der Waals surface area contributed by atoms with E-state index in [-0.39, 0.29) is 6.29 Å². The smallest absolute Gasteiger partial charge is 0.158 e. The average molecular weight is 278 g/mol. The largest absolute Gasteiger partial charge is 0.350 e. The van der Waals surface area contributed by atoms with Crippen LogP contribution in [0.2, 0.25) is 0 Å². The molecule has 0 unspecified atom stereocenters. The van der Waals surface area contributed by atoms with Crippen LogP contribution in [0.5, 0.6) is 0 Å². The molecule has 0 amide bonds. The zero-order chi connectivity index (χ0) is 13.8. The number of hydrogen-bond donors (Lipinski definition) is 0. The molecule has 0 saturated carbocycles. The van der Waals surface area contributed by atoms with Crippen LogP contribution in [-0.4, -0.2) is 30.2 Å². The van der Waals surface area contributed by atoms with Crippen LogP contribution in [0.15, 0.2) is 5.03 Å². The number of rotatable bonds is 4. The predicted molar refractivity (Wildman–Crippen MR) is 74.2 cm³/mol. The number of hydrogen-bond acceptors (Lipinski definition) is 5. The fourth-order valence-corrected chi connectivity index (χ4v) is 3.02. The molecule has 19 heavy (non-hydrogen) atoms. The van der Waals surface area contributed by atoms with Gasteiger partial charge in [-0.3, -0.25) is 0 Å². The van der Waals surface area contributed by atoms with Crippen molar-refractivity contribution in [2.75, 3.05) is 19.0 Å². The summed E-state index contributed by atoms with van der Waals surface area (Å²) in [6, 6.07) is 2.26. The van der Waals surface area contributed by atoms with E-state index >= 15 is 0 Å². The Hall–Kier alpha value is -1.09. The van der Waals surface area contributed by atoms with Gasteiger partial charge >= 0.3 is 0 Å². The van der Waals surface area contributed by atoms with E-state index in [1.165, 1.54) is 0 Å². The summed E-state index contributed by atoms with van der Waals surface area (Å²) in [5, 5.41) is 10.1. The van der Waals surface area contributed by atoms with Gasteiger partial charge in [0.1, 0.15) is 11.1 Å². The molecule has 1 aliphatic heterocycles. The van der Waals surface area contributed by atoms with Crippen molar-refractivity contribution in [1.82, 2.24) is 4.98 Å². The highest BCUT2D eigenvalue weighted by Crippen LogP contribution is 2.27. The first kappa shape index (κ1) is 14.3. The average Bonchev–Trinajstić information content (AvgIpc) is 2.89. The number of thioether (sulfide) groups is 1. The molecule has 2 rings (SSSR count). The molecule has 0 radical (unpaired) electrons. The van der Waals surface area contributed by atoms with E-state index in [4.69, 9.17) is 9.47 Å². The first-order valence-corrected chi connectivity index (χ1v) is 7.36. The van der Waals surface area contributed by atoms with Gasteiger partial charge in [-0.25, -0.2) is 4.98 Å².